The molecule has 102 valence electrons. The van der Waals surface area contributed by atoms with E-state index in [1.807, 2.05) is 24.4 Å². The average molecular weight is 277 g/mol. The first kappa shape index (κ1) is 12.5. The van der Waals surface area contributed by atoms with E-state index in [1.54, 1.807) is 10.6 Å². The van der Waals surface area contributed by atoms with Crippen LogP contribution in [0, 0.1) is 17.5 Å². The van der Waals surface area contributed by atoms with Crippen molar-refractivity contribution in [3.8, 4) is 0 Å². The van der Waals surface area contributed by atoms with Crippen LogP contribution in [0.2, 0.25) is 0 Å². The van der Waals surface area contributed by atoms with Gasteiger partial charge >= 0.3 is 0 Å². The maximum atomic E-state index is 13.5. The lowest BCUT2D eigenvalue weighted by Gasteiger charge is -2.07. The molecule has 0 aliphatic carbocycles. The Hall–Kier alpha value is -2.50. The molecule has 2 aromatic heterocycles. The van der Waals surface area contributed by atoms with Crippen molar-refractivity contribution >= 4 is 11.3 Å². The maximum absolute atomic E-state index is 13.5. The van der Waals surface area contributed by atoms with Crippen LogP contribution >= 0.6 is 0 Å². The standard InChI is InChI=1S/C14H10F3N3/c15-9-5-11(16)14(12(17)6-9)18-7-10-8-20-4-2-1-3-13(20)19-10/h1-6,8,18H,7H2. The van der Waals surface area contributed by atoms with Crippen LogP contribution < -0.4 is 5.32 Å². The summed E-state index contributed by atoms with van der Waals surface area (Å²) in [4.78, 5) is 4.29. The van der Waals surface area contributed by atoms with E-state index in [0.717, 1.165) is 5.65 Å². The fourth-order valence-corrected chi connectivity index (χ4v) is 1.96. The number of fused-ring (bicyclic) bond motifs is 1. The van der Waals surface area contributed by atoms with Gasteiger partial charge in [0.2, 0.25) is 0 Å². The molecule has 0 amide bonds. The highest BCUT2D eigenvalue weighted by atomic mass is 19.1. The molecule has 3 rings (SSSR count). The third-order valence-corrected chi connectivity index (χ3v) is 2.87. The van der Waals surface area contributed by atoms with Gasteiger partial charge in [-0.05, 0) is 12.1 Å². The van der Waals surface area contributed by atoms with E-state index in [9.17, 15) is 13.2 Å². The summed E-state index contributed by atoms with van der Waals surface area (Å²) in [5.74, 6) is -2.88. The van der Waals surface area contributed by atoms with Crippen LogP contribution in [0.25, 0.3) is 5.65 Å². The fourth-order valence-electron chi connectivity index (χ4n) is 1.96. The third-order valence-electron chi connectivity index (χ3n) is 2.87. The van der Waals surface area contributed by atoms with E-state index in [1.165, 1.54) is 0 Å². The number of nitrogens with zero attached hydrogens (tertiary/aromatic N) is 2. The molecule has 0 bridgehead atoms. The van der Waals surface area contributed by atoms with Crippen LogP contribution in [0.5, 0.6) is 0 Å². The molecule has 1 N–H and O–H groups in total. The van der Waals surface area contributed by atoms with Crippen molar-refractivity contribution in [1.29, 1.82) is 0 Å². The number of hydrogen-bond acceptors (Lipinski definition) is 2. The summed E-state index contributed by atoms with van der Waals surface area (Å²) in [6.45, 7) is 0.140. The highest BCUT2D eigenvalue weighted by molar-refractivity contribution is 5.47. The van der Waals surface area contributed by atoms with E-state index in [4.69, 9.17) is 0 Å². The normalized spacial score (nSPS) is 10.9. The Kier molecular flexibility index (Phi) is 3.06. The summed E-state index contributed by atoms with van der Waals surface area (Å²) < 4.78 is 41.5. The van der Waals surface area contributed by atoms with Gasteiger partial charge in [-0.1, -0.05) is 6.07 Å². The second-order valence-electron chi connectivity index (χ2n) is 4.30. The molecular formula is C14H10F3N3. The van der Waals surface area contributed by atoms with Crippen molar-refractivity contribution in [2.24, 2.45) is 0 Å². The molecule has 0 spiro atoms. The third kappa shape index (κ3) is 2.32. The summed E-state index contributed by atoms with van der Waals surface area (Å²) in [5.41, 5.74) is 1.01. The van der Waals surface area contributed by atoms with Crippen LogP contribution in [0.1, 0.15) is 5.69 Å². The molecule has 2 heterocycles. The minimum absolute atomic E-state index is 0.140. The van der Waals surface area contributed by atoms with Crippen LogP contribution in [0.15, 0.2) is 42.7 Å². The summed E-state index contributed by atoms with van der Waals surface area (Å²) in [5, 5.41) is 2.59. The number of anilines is 1. The molecule has 6 heteroatoms. The topological polar surface area (TPSA) is 29.3 Å². The van der Waals surface area contributed by atoms with Crippen molar-refractivity contribution in [3.63, 3.8) is 0 Å². The van der Waals surface area contributed by atoms with Crippen molar-refractivity contribution in [3.05, 3.63) is 65.9 Å². The number of hydrogen-bond donors (Lipinski definition) is 1. The SMILES string of the molecule is Fc1cc(F)c(NCc2cn3ccccc3n2)c(F)c1. The Balaban J connectivity index is 1.83. The van der Waals surface area contributed by atoms with Crippen LogP contribution in [0.3, 0.4) is 0 Å². The van der Waals surface area contributed by atoms with E-state index in [-0.39, 0.29) is 12.2 Å². The van der Waals surface area contributed by atoms with Crippen molar-refractivity contribution in [2.45, 2.75) is 6.54 Å². The summed E-state index contributed by atoms with van der Waals surface area (Å²) >= 11 is 0. The van der Waals surface area contributed by atoms with E-state index >= 15 is 0 Å². The van der Waals surface area contributed by atoms with Gasteiger partial charge in [0.15, 0.2) is 11.6 Å². The van der Waals surface area contributed by atoms with Gasteiger partial charge in [-0.3, -0.25) is 0 Å². The zero-order valence-electron chi connectivity index (χ0n) is 10.3. The first-order chi connectivity index (χ1) is 9.63. The highest BCUT2D eigenvalue weighted by Crippen LogP contribution is 2.20. The lowest BCUT2D eigenvalue weighted by atomic mass is 10.2. The predicted molar refractivity (Wildman–Crippen MR) is 68.8 cm³/mol. The Bertz CT molecular complexity index is 711. The monoisotopic (exact) mass is 277 g/mol. The quantitative estimate of drug-likeness (QED) is 0.795. The van der Waals surface area contributed by atoms with Gasteiger partial charge < -0.3 is 9.72 Å². The number of benzene rings is 1. The Morgan fingerprint density at radius 2 is 1.85 bits per heavy atom. The molecule has 20 heavy (non-hydrogen) atoms. The van der Waals surface area contributed by atoms with Crippen LogP contribution in [0.4, 0.5) is 18.9 Å². The van der Waals surface area contributed by atoms with E-state index in [2.05, 4.69) is 10.3 Å². The number of nitrogens with one attached hydrogen (secondary N) is 1. The van der Waals surface area contributed by atoms with Crippen molar-refractivity contribution < 1.29 is 13.2 Å². The zero-order chi connectivity index (χ0) is 14.1. The zero-order valence-corrected chi connectivity index (χ0v) is 10.3. The molecule has 0 aliphatic rings. The molecule has 0 aliphatic heterocycles. The fraction of sp³-hybridized carbons (Fsp3) is 0.0714. The minimum atomic E-state index is -0.966. The molecule has 0 fully saturated rings. The first-order valence-electron chi connectivity index (χ1n) is 5.94. The molecule has 0 unspecified atom stereocenters. The van der Waals surface area contributed by atoms with Gasteiger partial charge in [-0.15, -0.1) is 0 Å². The molecule has 3 nitrogen and oxygen atoms in total. The van der Waals surface area contributed by atoms with Gasteiger partial charge in [0.05, 0.1) is 12.2 Å². The van der Waals surface area contributed by atoms with E-state index in [0.29, 0.717) is 17.8 Å². The maximum Gasteiger partial charge on any atom is 0.152 e. The van der Waals surface area contributed by atoms with Gasteiger partial charge in [-0.25, -0.2) is 18.2 Å². The molecule has 3 aromatic rings. The molecule has 0 atom stereocenters. The van der Waals surface area contributed by atoms with Crippen LogP contribution in [-0.4, -0.2) is 9.38 Å². The second kappa shape index (κ2) is 4.88. The van der Waals surface area contributed by atoms with Gasteiger partial charge in [0.25, 0.3) is 0 Å². The highest BCUT2D eigenvalue weighted by Gasteiger charge is 2.11. The minimum Gasteiger partial charge on any atom is -0.375 e. The summed E-state index contributed by atoms with van der Waals surface area (Å²) in [6.07, 6.45) is 3.58. The van der Waals surface area contributed by atoms with Gasteiger partial charge in [-0.2, -0.15) is 0 Å². The molecule has 0 radical (unpaired) electrons. The summed E-state index contributed by atoms with van der Waals surface area (Å²) in [6, 6.07) is 6.79. The largest absolute Gasteiger partial charge is 0.375 e. The lowest BCUT2D eigenvalue weighted by molar-refractivity contribution is 0.547. The predicted octanol–water partition coefficient (Wildman–Crippen LogP) is 3.36. The smallest absolute Gasteiger partial charge is 0.152 e. The number of pyridine rings is 1. The number of imidazole rings is 1. The Morgan fingerprint density at radius 1 is 1.10 bits per heavy atom. The number of halogens is 3. The summed E-state index contributed by atoms with van der Waals surface area (Å²) in [7, 11) is 0. The van der Waals surface area contributed by atoms with Gasteiger partial charge in [0.1, 0.15) is 17.2 Å². The van der Waals surface area contributed by atoms with Gasteiger partial charge in [0, 0.05) is 24.5 Å². The second-order valence-corrected chi connectivity index (χ2v) is 4.30. The number of rotatable bonds is 3. The molecule has 1 aromatic carbocycles. The van der Waals surface area contributed by atoms with E-state index < -0.39 is 17.5 Å². The van der Waals surface area contributed by atoms with Crippen LogP contribution in [-0.2, 0) is 6.54 Å². The van der Waals surface area contributed by atoms with Crippen molar-refractivity contribution in [2.75, 3.05) is 5.32 Å². The van der Waals surface area contributed by atoms with Crippen molar-refractivity contribution in [1.82, 2.24) is 9.38 Å². The lowest BCUT2D eigenvalue weighted by Crippen LogP contribution is -2.04. The Labute approximate surface area is 112 Å². The molecule has 0 saturated heterocycles. The average Bonchev–Trinajstić information content (AvgIpc) is 2.80. The molecular weight excluding hydrogens is 267 g/mol. The number of aromatic nitrogens is 2. The first-order valence-corrected chi connectivity index (χ1v) is 5.94. The Morgan fingerprint density at radius 3 is 2.55 bits per heavy atom. The molecule has 0 saturated carbocycles.